The Kier molecular flexibility index (Phi) is 3.01. The van der Waals surface area contributed by atoms with Crippen LogP contribution in [0.4, 0.5) is 0 Å². The SMILES string of the molecule is COc1cc(OC)cc(C2(C)OC(N)=C(O)C2=O)c1. The summed E-state index contributed by atoms with van der Waals surface area (Å²) in [5.74, 6) is -0.423. The normalized spacial score (nSPS) is 22.4. The van der Waals surface area contributed by atoms with Crippen LogP contribution in [0.3, 0.4) is 0 Å². The van der Waals surface area contributed by atoms with Crippen LogP contribution in [-0.2, 0) is 15.1 Å². The summed E-state index contributed by atoms with van der Waals surface area (Å²) in [6, 6.07) is 4.93. The summed E-state index contributed by atoms with van der Waals surface area (Å²) in [5.41, 5.74) is 4.55. The molecule has 0 saturated carbocycles. The maximum absolute atomic E-state index is 12.0. The van der Waals surface area contributed by atoms with Crippen LogP contribution >= 0.6 is 0 Å². The highest BCUT2D eigenvalue weighted by atomic mass is 16.5. The zero-order valence-corrected chi connectivity index (χ0v) is 10.9. The Morgan fingerprint density at radius 2 is 1.74 bits per heavy atom. The van der Waals surface area contributed by atoms with E-state index in [2.05, 4.69) is 0 Å². The Balaban J connectivity index is 2.51. The van der Waals surface area contributed by atoms with Crippen LogP contribution in [0.1, 0.15) is 12.5 Å². The third-order valence-corrected chi connectivity index (χ3v) is 3.10. The van der Waals surface area contributed by atoms with E-state index in [4.69, 9.17) is 19.9 Å². The predicted octanol–water partition coefficient (Wildman–Crippen LogP) is 1.20. The molecule has 1 unspecified atom stereocenters. The number of Topliss-reactive ketones (excluding diaryl/α,β-unsaturated/α-hetero) is 1. The van der Waals surface area contributed by atoms with Crippen molar-refractivity contribution >= 4 is 5.78 Å². The molecule has 0 aliphatic carbocycles. The molecule has 1 aromatic rings. The Morgan fingerprint density at radius 3 is 2.11 bits per heavy atom. The fraction of sp³-hybridized carbons (Fsp3) is 0.308. The maximum atomic E-state index is 12.0. The zero-order valence-electron chi connectivity index (χ0n) is 10.9. The zero-order chi connectivity index (χ0) is 14.2. The van der Waals surface area contributed by atoms with E-state index in [1.54, 1.807) is 18.2 Å². The number of ketones is 1. The van der Waals surface area contributed by atoms with E-state index in [9.17, 15) is 9.90 Å². The average molecular weight is 265 g/mol. The second-order valence-electron chi connectivity index (χ2n) is 4.28. The highest BCUT2D eigenvalue weighted by Gasteiger charge is 2.47. The fourth-order valence-electron chi connectivity index (χ4n) is 1.93. The van der Waals surface area contributed by atoms with Crippen molar-refractivity contribution in [1.82, 2.24) is 0 Å². The summed E-state index contributed by atoms with van der Waals surface area (Å²) in [4.78, 5) is 12.0. The van der Waals surface area contributed by atoms with Gasteiger partial charge in [0.1, 0.15) is 11.5 Å². The molecule has 2 rings (SSSR count). The van der Waals surface area contributed by atoms with E-state index in [0.29, 0.717) is 17.1 Å². The minimum Gasteiger partial charge on any atom is -0.501 e. The van der Waals surface area contributed by atoms with E-state index >= 15 is 0 Å². The van der Waals surface area contributed by atoms with Gasteiger partial charge in [-0.05, 0) is 19.1 Å². The van der Waals surface area contributed by atoms with Crippen LogP contribution < -0.4 is 15.2 Å². The lowest BCUT2D eigenvalue weighted by molar-refractivity contribution is -0.131. The van der Waals surface area contributed by atoms with Crippen molar-refractivity contribution in [2.24, 2.45) is 5.73 Å². The number of aliphatic hydroxyl groups excluding tert-OH is 1. The Morgan fingerprint density at radius 1 is 1.21 bits per heavy atom. The molecule has 0 fully saturated rings. The number of benzene rings is 1. The molecule has 0 bridgehead atoms. The predicted molar refractivity (Wildman–Crippen MR) is 66.8 cm³/mol. The highest BCUT2D eigenvalue weighted by Crippen LogP contribution is 2.39. The number of nitrogens with two attached hydrogens (primary N) is 1. The number of ether oxygens (including phenoxy) is 3. The van der Waals surface area contributed by atoms with E-state index in [1.165, 1.54) is 21.1 Å². The van der Waals surface area contributed by atoms with Gasteiger partial charge in [-0.1, -0.05) is 0 Å². The first kappa shape index (κ1) is 13.1. The van der Waals surface area contributed by atoms with Crippen molar-refractivity contribution in [3.05, 3.63) is 35.4 Å². The summed E-state index contributed by atoms with van der Waals surface area (Å²) in [7, 11) is 3.00. The fourth-order valence-corrected chi connectivity index (χ4v) is 1.93. The average Bonchev–Trinajstić information content (AvgIpc) is 2.63. The van der Waals surface area contributed by atoms with Gasteiger partial charge in [-0.25, -0.2) is 0 Å². The first-order chi connectivity index (χ1) is 8.92. The molecule has 1 atom stereocenters. The third-order valence-electron chi connectivity index (χ3n) is 3.10. The summed E-state index contributed by atoms with van der Waals surface area (Å²) in [5, 5.41) is 9.53. The first-order valence-electron chi connectivity index (χ1n) is 5.58. The Labute approximate surface area is 110 Å². The molecule has 6 nitrogen and oxygen atoms in total. The number of rotatable bonds is 3. The molecular formula is C13H15NO5. The topological polar surface area (TPSA) is 91.0 Å². The van der Waals surface area contributed by atoms with Crippen LogP contribution in [0.15, 0.2) is 29.8 Å². The number of methoxy groups -OCH3 is 2. The van der Waals surface area contributed by atoms with Crippen molar-refractivity contribution in [2.45, 2.75) is 12.5 Å². The van der Waals surface area contributed by atoms with Gasteiger partial charge in [-0.2, -0.15) is 0 Å². The smallest absolute Gasteiger partial charge is 0.250 e. The molecule has 1 aliphatic rings. The molecule has 102 valence electrons. The number of hydrogen-bond donors (Lipinski definition) is 2. The van der Waals surface area contributed by atoms with E-state index < -0.39 is 17.1 Å². The number of carbonyl (C=O) groups excluding carboxylic acids is 1. The molecule has 0 amide bonds. The summed E-state index contributed by atoms with van der Waals surface area (Å²) in [6.07, 6.45) is 0. The monoisotopic (exact) mass is 265 g/mol. The third kappa shape index (κ3) is 1.95. The van der Waals surface area contributed by atoms with Crippen molar-refractivity contribution in [2.75, 3.05) is 14.2 Å². The van der Waals surface area contributed by atoms with Gasteiger partial charge in [0.2, 0.25) is 11.6 Å². The molecule has 0 radical (unpaired) electrons. The maximum Gasteiger partial charge on any atom is 0.250 e. The standard InChI is InChI=1S/C13H15NO5/c1-13(11(16)10(15)12(14)19-13)7-4-8(17-2)6-9(5-7)18-3/h4-6,15H,14H2,1-3H3. The van der Waals surface area contributed by atoms with E-state index in [0.717, 1.165) is 0 Å². The Hall–Kier alpha value is -2.37. The summed E-state index contributed by atoms with van der Waals surface area (Å²) < 4.78 is 15.6. The summed E-state index contributed by atoms with van der Waals surface area (Å²) in [6.45, 7) is 1.53. The van der Waals surface area contributed by atoms with Crippen molar-refractivity contribution in [3.63, 3.8) is 0 Å². The van der Waals surface area contributed by atoms with Crippen LogP contribution in [0.25, 0.3) is 0 Å². The number of aliphatic hydroxyl groups is 1. The second-order valence-corrected chi connectivity index (χ2v) is 4.28. The minimum atomic E-state index is -1.38. The molecule has 0 spiro atoms. The lowest BCUT2D eigenvalue weighted by atomic mass is 9.91. The van der Waals surface area contributed by atoms with Gasteiger partial charge >= 0.3 is 0 Å². The highest BCUT2D eigenvalue weighted by molar-refractivity contribution is 6.02. The van der Waals surface area contributed by atoms with Crippen molar-refractivity contribution in [3.8, 4) is 11.5 Å². The summed E-state index contributed by atoms with van der Waals surface area (Å²) >= 11 is 0. The largest absolute Gasteiger partial charge is 0.501 e. The van der Waals surface area contributed by atoms with Crippen LogP contribution in [-0.4, -0.2) is 25.1 Å². The quantitative estimate of drug-likeness (QED) is 0.853. The lowest BCUT2D eigenvalue weighted by Crippen LogP contribution is -2.31. The number of hydrogen-bond acceptors (Lipinski definition) is 6. The van der Waals surface area contributed by atoms with Crippen LogP contribution in [0.2, 0.25) is 0 Å². The van der Waals surface area contributed by atoms with Crippen LogP contribution in [0, 0.1) is 0 Å². The van der Waals surface area contributed by atoms with Gasteiger partial charge in [-0.15, -0.1) is 0 Å². The van der Waals surface area contributed by atoms with Gasteiger partial charge < -0.3 is 25.1 Å². The number of carbonyl (C=O) groups is 1. The van der Waals surface area contributed by atoms with Gasteiger partial charge in [0.25, 0.3) is 5.78 Å². The van der Waals surface area contributed by atoms with E-state index in [-0.39, 0.29) is 5.88 Å². The molecule has 0 aromatic heterocycles. The van der Waals surface area contributed by atoms with E-state index in [1.807, 2.05) is 0 Å². The van der Waals surface area contributed by atoms with Gasteiger partial charge in [0.05, 0.1) is 14.2 Å². The molecule has 1 heterocycles. The molecular weight excluding hydrogens is 250 g/mol. The molecule has 6 heteroatoms. The van der Waals surface area contributed by atoms with Crippen LogP contribution in [0.5, 0.6) is 11.5 Å². The molecule has 0 saturated heterocycles. The van der Waals surface area contributed by atoms with Gasteiger partial charge in [-0.3, -0.25) is 4.79 Å². The lowest BCUT2D eigenvalue weighted by Gasteiger charge is -2.23. The second kappa shape index (κ2) is 4.38. The minimum absolute atomic E-state index is 0.283. The molecule has 1 aromatic carbocycles. The molecule has 1 aliphatic heterocycles. The van der Waals surface area contributed by atoms with Gasteiger partial charge in [0.15, 0.2) is 5.60 Å². The Bertz CT molecular complexity index is 544. The van der Waals surface area contributed by atoms with Crippen molar-refractivity contribution in [1.29, 1.82) is 0 Å². The molecule has 3 N–H and O–H groups in total. The first-order valence-corrected chi connectivity index (χ1v) is 5.58. The van der Waals surface area contributed by atoms with Gasteiger partial charge in [0, 0.05) is 11.6 Å². The van der Waals surface area contributed by atoms with Crippen molar-refractivity contribution < 1.29 is 24.1 Å². The molecule has 19 heavy (non-hydrogen) atoms.